The third-order valence-corrected chi connectivity index (χ3v) is 5.29. The molecule has 3 rings (SSSR count). The molecule has 2 aliphatic heterocycles. The number of hydrogen-bond donors (Lipinski definition) is 1. The van der Waals surface area contributed by atoms with Crippen molar-refractivity contribution in [3.8, 4) is 0 Å². The highest BCUT2D eigenvalue weighted by atomic mass is 16.6. The van der Waals surface area contributed by atoms with E-state index >= 15 is 0 Å². The molecular weight excluding hydrogens is 344 g/mol. The summed E-state index contributed by atoms with van der Waals surface area (Å²) in [6.45, 7) is 3.33. The van der Waals surface area contributed by atoms with Gasteiger partial charge < -0.3 is 24.8 Å². The molecule has 1 aromatic rings. The molecule has 7 nitrogen and oxygen atoms in total. The summed E-state index contributed by atoms with van der Waals surface area (Å²) in [5, 5.41) is 3.01. The van der Waals surface area contributed by atoms with E-state index in [4.69, 9.17) is 4.74 Å². The Morgan fingerprint density at radius 1 is 1.19 bits per heavy atom. The van der Waals surface area contributed by atoms with Crippen molar-refractivity contribution in [3.63, 3.8) is 0 Å². The number of carbonyl (C=O) groups excluding carboxylic acids is 2. The van der Waals surface area contributed by atoms with Gasteiger partial charge in [0.25, 0.3) is 0 Å². The van der Waals surface area contributed by atoms with Gasteiger partial charge in [-0.05, 0) is 38.1 Å². The number of ether oxygens (including phenoxy) is 1. The Balaban J connectivity index is 1.49. The minimum Gasteiger partial charge on any atom is -0.441 e. The summed E-state index contributed by atoms with van der Waals surface area (Å²) < 4.78 is 5.60. The molecule has 1 spiro atoms. The predicted octanol–water partition coefficient (Wildman–Crippen LogP) is 2.26. The van der Waals surface area contributed by atoms with Gasteiger partial charge in [-0.2, -0.15) is 0 Å². The van der Waals surface area contributed by atoms with Crippen LogP contribution in [0.1, 0.15) is 30.4 Å². The lowest BCUT2D eigenvalue weighted by Gasteiger charge is -2.25. The maximum Gasteiger partial charge on any atom is 0.410 e. The molecule has 2 aliphatic rings. The Bertz CT molecular complexity index is 676. The normalized spacial score (nSPS) is 22.9. The zero-order valence-corrected chi connectivity index (χ0v) is 16.5. The number of nitrogens with zero attached hydrogens (tertiary/aromatic N) is 3. The van der Waals surface area contributed by atoms with E-state index in [-0.39, 0.29) is 12.1 Å². The van der Waals surface area contributed by atoms with Crippen molar-refractivity contribution in [3.05, 3.63) is 35.4 Å². The molecule has 148 valence electrons. The molecule has 2 heterocycles. The van der Waals surface area contributed by atoms with Gasteiger partial charge in [0.15, 0.2) is 0 Å². The van der Waals surface area contributed by atoms with Crippen LogP contribution >= 0.6 is 0 Å². The fourth-order valence-electron chi connectivity index (χ4n) is 3.84. The summed E-state index contributed by atoms with van der Waals surface area (Å²) >= 11 is 0. The lowest BCUT2D eigenvalue weighted by Crippen LogP contribution is -2.41. The number of likely N-dealkylation sites (tertiary alicyclic amines) is 1. The van der Waals surface area contributed by atoms with Crippen molar-refractivity contribution in [2.24, 2.45) is 0 Å². The third kappa shape index (κ3) is 4.91. The second-order valence-electron chi connectivity index (χ2n) is 7.96. The van der Waals surface area contributed by atoms with Crippen molar-refractivity contribution in [1.82, 2.24) is 20.0 Å². The minimum atomic E-state index is -0.427. The maximum absolute atomic E-state index is 12.6. The minimum absolute atomic E-state index is 0.0536. The van der Waals surface area contributed by atoms with Crippen LogP contribution in [0, 0.1) is 0 Å². The SMILES string of the molecule is CN(C)Cc1ccc(CNC(=O)N2CCC[C@@]3(CC2)CN(C)C(=O)O3)cc1. The van der Waals surface area contributed by atoms with Crippen LogP contribution in [0.3, 0.4) is 0 Å². The molecule has 7 heteroatoms. The Labute approximate surface area is 161 Å². The fourth-order valence-corrected chi connectivity index (χ4v) is 3.84. The molecule has 1 atom stereocenters. The van der Waals surface area contributed by atoms with E-state index in [1.165, 1.54) is 5.56 Å². The van der Waals surface area contributed by atoms with Gasteiger partial charge in [0, 0.05) is 39.6 Å². The average molecular weight is 374 g/mol. The molecule has 2 fully saturated rings. The van der Waals surface area contributed by atoms with Gasteiger partial charge in [0.2, 0.25) is 0 Å². The lowest BCUT2D eigenvalue weighted by atomic mass is 9.95. The van der Waals surface area contributed by atoms with Crippen molar-refractivity contribution >= 4 is 12.1 Å². The van der Waals surface area contributed by atoms with Crippen LogP contribution < -0.4 is 5.32 Å². The van der Waals surface area contributed by atoms with Gasteiger partial charge >= 0.3 is 12.1 Å². The van der Waals surface area contributed by atoms with Gasteiger partial charge in [-0.3, -0.25) is 0 Å². The van der Waals surface area contributed by atoms with E-state index in [0.29, 0.717) is 32.6 Å². The highest BCUT2D eigenvalue weighted by Gasteiger charge is 2.44. The van der Waals surface area contributed by atoms with Crippen LogP contribution in [0.2, 0.25) is 0 Å². The number of urea groups is 1. The number of nitrogens with one attached hydrogen (secondary N) is 1. The molecule has 1 aromatic carbocycles. The number of hydrogen-bond acceptors (Lipinski definition) is 4. The molecule has 3 amide bonds. The van der Waals surface area contributed by atoms with Crippen LogP contribution in [0.15, 0.2) is 24.3 Å². The highest BCUT2D eigenvalue weighted by molar-refractivity contribution is 5.74. The van der Waals surface area contributed by atoms with E-state index in [9.17, 15) is 9.59 Å². The second-order valence-corrected chi connectivity index (χ2v) is 7.96. The first-order chi connectivity index (χ1) is 12.9. The van der Waals surface area contributed by atoms with Crippen LogP contribution in [-0.2, 0) is 17.8 Å². The first-order valence-corrected chi connectivity index (χ1v) is 9.56. The largest absolute Gasteiger partial charge is 0.441 e. The van der Waals surface area contributed by atoms with Crippen molar-refractivity contribution in [1.29, 1.82) is 0 Å². The monoisotopic (exact) mass is 374 g/mol. The van der Waals surface area contributed by atoms with E-state index in [0.717, 1.165) is 24.9 Å². The molecule has 0 aliphatic carbocycles. The highest BCUT2D eigenvalue weighted by Crippen LogP contribution is 2.32. The smallest absolute Gasteiger partial charge is 0.410 e. The van der Waals surface area contributed by atoms with Crippen LogP contribution in [0.5, 0.6) is 0 Å². The molecule has 0 radical (unpaired) electrons. The van der Waals surface area contributed by atoms with E-state index < -0.39 is 5.60 Å². The first kappa shape index (κ1) is 19.5. The van der Waals surface area contributed by atoms with E-state index in [2.05, 4.69) is 34.5 Å². The summed E-state index contributed by atoms with van der Waals surface area (Å²) in [6, 6.07) is 8.26. The van der Waals surface area contributed by atoms with Gasteiger partial charge in [0.1, 0.15) is 5.60 Å². The van der Waals surface area contributed by atoms with Gasteiger partial charge in [0.05, 0.1) is 6.54 Å². The summed E-state index contributed by atoms with van der Waals surface area (Å²) in [5.41, 5.74) is 1.91. The summed E-state index contributed by atoms with van der Waals surface area (Å²) in [7, 11) is 5.85. The number of amides is 3. The second kappa shape index (κ2) is 8.17. The van der Waals surface area contributed by atoms with Crippen molar-refractivity contribution in [2.75, 3.05) is 40.8 Å². The van der Waals surface area contributed by atoms with Crippen molar-refractivity contribution < 1.29 is 14.3 Å². The molecule has 2 saturated heterocycles. The van der Waals surface area contributed by atoms with Gasteiger partial charge in [-0.1, -0.05) is 24.3 Å². The quantitative estimate of drug-likeness (QED) is 0.878. The Hall–Kier alpha value is -2.28. The zero-order chi connectivity index (χ0) is 19.4. The number of carbonyl (C=O) groups is 2. The first-order valence-electron chi connectivity index (χ1n) is 9.56. The standard InChI is InChI=1S/C20H30N4O3/c1-22(2)14-17-7-5-16(6-8-17)13-21-18(25)24-11-4-9-20(10-12-24)15-23(3)19(26)27-20/h5-8H,4,9-15H2,1-3H3,(H,21,25)/t20-/m1/s1. The third-order valence-electron chi connectivity index (χ3n) is 5.29. The molecule has 0 bridgehead atoms. The van der Waals surface area contributed by atoms with Crippen LogP contribution in [0.4, 0.5) is 9.59 Å². The van der Waals surface area contributed by atoms with E-state index in [1.807, 2.05) is 19.0 Å². The summed E-state index contributed by atoms with van der Waals surface area (Å²) in [6.07, 6.45) is 2.08. The maximum atomic E-state index is 12.6. The van der Waals surface area contributed by atoms with Crippen molar-refractivity contribution in [2.45, 2.75) is 38.0 Å². The summed E-state index contributed by atoms with van der Waals surface area (Å²) in [4.78, 5) is 29.9. The molecule has 0 unspecified atom stereocenters. The molecule has 0 saturated carbocycles. The average Bonchev–Trinajstić information content (AvgIpc) is 2.78. The number of benzene rings is 1. The number of likely N-dealkylation sites (N-methyl/N-ethyl adjacent to an activating group) is 1. The van der Waals surface area contributed by atoms with Gasteiger partial charge in [-0.25, -0.2) is 9.59 Å². The molecular formula is C20H30N4O3. The molecule has 27 heavy (non-hydrogen) atoms. The lowest BCUT2D eigenvalue weighted by molar-refractivity contribution is 0.0453. The zero-order valence-electron chi connectivity index (χ0n) is 16.5. The fraction of sp³-hybridized carbons (Fsp3) is 0.600. The number of rotatable bonds is 4. The van der Waals surface area contributed by atoms with Crippen LogP contribution in [-0.4, -0.2) is 73.2 Å². The Kier molecular flexibility index (Phi) is 5.89. The molecule has 1 N–H and O–H groups in total. The Morgan fingerprint density at radius 3 is 2.52 bits per heavy atom. The predicted molar refractivity (Wildman–Crippen MR) is 103 cm³/mol. The van der Waals surface area contributed by atoms with Crippen LogP contribution in [0.25, 0.3) is 0 Å². The van der Waals surface area contributed by atoms with E-state index in [1.54, 1.807) is 11.9 Å². The Morgan fingerprint density at radius 2 is 1.89 bits per heavy atom. The molecule has 0 aromatic heterocycles. The topological polar surface area (TPSA) is 65.1 Å². The summed E-state index contributed by atoms with van der Waals surface area (Å²) in [5.74, 6) is 0. The van der Waals surface area contributed by atoms with Gasteiger partial charge in [-0.15, -0.1) is 0 Å².